The lowest BCUT2D eigenvalue weighted by molar-refractivity contribution is 0.0364. The second-order valence-electron chi connectivity index (χ2n) is 6.75. The first-order chi connectivity index (χ1) is 10.0. The smallest absolute Gasteiger partial charge is 0.110 e. The van der Waals surface area contributed by atoms with Gasteiger partial charge in [0, 0.05) is 36.9 Å². The van der Waals surface area contributed by atoms with E-state index in [1.807, 2.05) is 6.20 Å². The highest BCUT2D eigenvalue weighted by molar-refractivity contribution is 5.06. The number of likely N-dealkylation sites (N-methyl/N-ethyl adjacent to an activating group) is 1. The van der Waals surface area contributed by atoms with Crippen LogP contribution in [0.3, 0.4) is 0 Å². The van der Waals surface area contributed by atoms with Crippen molar-refractivity contribution < 1.29 is 0 Å². The van der Waals surface area contributed by atoms with Gasteiger partial charge in [-0.2, -0.15) is 0 Å². The molecule has 1 saturated carbocycles. The first-order valence-electron chi connectivity index (χ1n) is 8.17. The molecule has 1 aromatic heterocycles. The van der Waals surface area contributed by atoms with Gasteiger partial charge < -0.3 is 9.47 Å². The van der Waals surface area contributed by atoms with Crippen molar-refractivity contribution in [1.82, 2.24) is 19.9 Å². The lowest BCUT2D eigenvalue weighted by Crippen LogP contribution is -2.63. The molecule has 120 valence electrons. The van der Waals surface area contributed by atoms with E-state index >= 15 is 0 Å². The minimum absolute atomic E-state index is 0.122. The fourth-order valence-corrected chi connectivity index (χ4v) is 4.00. The van der Waals surface area contributed by atoms with Gasteiger partial charge in [0.2, 0.25) is 0 Å². The summed E-state index contributed by atoms with van der Waals surface area (Å²) in [6, 6.07) is 0.225. The summed E-state index contributed by atoms with van der Waals surface area (Å²) in [6.07, 6.45) is 9.82. The molecule has 5 nitrogen and oxygen atoms in total. The van der Waals surface area contributed by atoms with Gasteiger partial charge in [-0.1, -0.05) is 19.8 Å². The highest BCUT2D eigenvalue weighted by Crippen LogP contribution is 2.38. The van der Waals surface area contributed by atoms with Crippen LogP contribution >= 0.6 is 0 Å². The molecule has 0 spiro atoms. The van der Waals surface area contributed by atoms with Crippen molar-refractivity contribution in [2.75, 3.05) is 14.1 Å². The molecule has 1 aliphatic rings. The molecule has 3 unspecified atom stereocenters. The van der Waals surface area contributed by atoms with Gasteiger partial charge in [-0.25, -0.2) is 4.98 Å². The number of nitrogens with two attached hydrogens (primary N) is 1. The number of hydrogen-bond acceptors (Lipinski definition) is 4. The van der Waals surface area contributed by atoms with E-state index in [2.05, 4.69) is 54.0 Å². The maximum Gasteiger partial charge on any atom is 0.110 e. The molecular formula is C16H31N5. The number of hydrogen-bond donors (Lipinski definition) is 2. The third-order valence-electron chi connectivity index (χ3n) is 5.28. The molecule has 0 radical (unpaired) electrons. The van der Waals surface area contributed by atoms with E-state index in [9.17, 15) is 0 Å². The summed E-state index contributed by atoms with van der Waals surface area (Å²) < 4.78 is 2.21. The van der Waals surface area contributed by atoms with Crippen molar-refractivity contribution in [2.24, 2.45) is 11.8 Å². The van der Waals surface area contributed by atoms with Gasteiger partial charge >= 0.3 is 0 Å². The SMILES string of the molecule is CCn1ccnc1CC(NN)C1(N(C)C)CCCC(C)C1. The largest absolute Gasteiger partial charge is 0.335 e. The van der Waals surface area contributed by atoms with Crippen LogP contribution in [0, 0.1) is 5.92 Å². The summed E-state index contributed by atoms with van der Waals surface area (Å²) in [5.74, 6) is 7.84. The summed E-state index contributed by atoms with van der Waals surface area (Å²) >= 11 is 0. The summed E-state index contributed by atoms with van der Waals surface area (Å²) in [5, 5.41) is 0. The zero-order valence-electron chi connectivity index (χ0n) is 14.0. The molecule has 0 aromatic carbocycles. The summed E-state index contributed by atoms with van der Waals surface area (Å²) in [6.45, 7) is 5.47. The minimum atomic E-state index is 0.122. The van der Waals surface area contributed by atoms with Gasteiger partial charge in [-0.15, -0.1) is 0 Å². The Morgan fingerprint density at radius 2 is 2.33 bits per heavy atom. The Kier molecular flexibility index (Phi) is 5.41. The molecular weight excluding hydrogens is 262 g/mol. The van der Waals surface area contributed by atoms with Crippen molar-refractivity contribution in [2.45, 2.75) is 64.1 Å². The van der Waals surface area contributed by atoms with E-state index in [1.54, 1.807) is 0 Å². The van der Waals surface area contributed by atoms with E-state index in [-0.39, 0.29) is 11.6 Å². The van der Waals surface area contributed by atoms with Crippen molar-refractivity contribution in [3.05, 3.63) is 18.2 Å². The minimum Gasteiger partial charge on any atom is -0.335 e. The Labute approximate surface area is 128 Å². The summed E-state index contributed by atoms with van der Waals surface area (Å²) in [4.78, 5) is 6.91. The van der Waals surface area contributed by atoms with Crippen molar-refractivity contribution in [1.29, 1.82) is 0 Å². The highest BCUT2D eigenvalue weighted by atomic mass is 15.3. The maximum absolute atomic E-state index is 5.97. The molecule has 0 bridgehead atoms. The van der Waals surface area contributed by atoms with Crippen LogP contribution in [-0.2, 0) is 13.0 Å². The van der Waals surface area contributed by atoms with Gasteiger partial charge in [0.1, 0.15) is 5.82 Å². The first kappa shape index (κ1) is 16.5. The van der Waals surface area contributed by atoms with Gasteiger partial charge in [-0.3, -0.25) is 11.3 Å². The first-order valence-corrected chi connectivity index (χ1v) is 8.17. The van der Waals surface area contributed by atoms with Gasteiger partial charge in [0.15, 0.2) is 0 Å². The van der Waals surface area contributed by atoms with E-state index < -0.39 is 0 Å². The van der Waals surface area contributed by atoms with E-state index in [4.69, 9.17) is 5.84 Å². The van der Waals surface area contributed by atoms with Crippen LogP contribution < -0.4 is 11.3 Å². The molecule has 1 aliphatic carbocycles. The van der Waals surface area contributed by atoms with Crippen LogP contribution in [-0.4, -0.2) is 40.1 Å². The molecule has 2 rings (SSSR count). The number of rotatable bonds is 6. The normalized spacial score (nSPS) is 28.0. The zero-order valence-corrected chi connectivity index (χ0v) is 14.0. The summed E-state index contributed by atoms with van der Waals surface area (Å²) in [5.41, 5.74) is 3.23. The molecule has 1 heterocycles. The Bertz CT molecular complexity index is 442. The molecule has 1 aromatic rings. The standard InChI is InChI=1S/C16H31N5/c1-5-21-10-9-18-15(21)11-14(19-17)16(20(3)4)8-6-7-13(2)12-16/h9-10,13-14,19H,5-8,11-12,17H2,1-4H3. The second-order valence-corrected chi connectivity index (χ2v) is 6.75. The molecule has 0 aliphatic heterocycles. The van der Waals surface area contributed by atoms with Crippen LogP contribution in [0.1, 0.15) is 45.4 Å². The average Bonchev–Trinajstić information content (AvgIpc) is 2.91. The Morgan fingerprint density at radius 3 is 2.90 bits per heavy atom. The molecule has 1 fully saturated rings. The molecule has 3 atom stereocenters. The van der Waals surface area contributed by atoms with E-state index in [0.29, 0.717) is 0 Å². The second kappa shape index (κ2) is 6.90. The van der Waals surface area contributed by atoms with Gasteiger partial charge in [-0.05, 0) is 39.8 Å². The third kappa shape index (κ3) is 3.30. The topological polar surface area (TPSA) is 59.1 Å². The van der Waals surface area contributed by atoms with Gasteiger partial charge in [0.05, 0.1) is 0 Å². The van der Waals surface area contributed by atoms with Crippen molar-refractivity contribution in [3.8, 4) is 0 Å². The molecule has 0 saturated heterocycles. The molecule has 21 heavy (non-hydrogen) atoms. The Morgan fingerprint density at radius 1 is 1.57 bits per heavy atom. The summed E-state index contributed by atoms with van der Waals surface area (Å²) in [7, 11) is 4.38. The zero-order chi connectivity index (χ0) is 15.5. The predicted molar refractivity (Wildman–Crippen MR) is 86.8 cm³/mol. The maximum atomic E-state index is 5.97. The van der Waals surface area contributed by atoms with Crippen LogP contribution in [0.15, 0.2) is 12.4 Å². The lowest BCUT2D eigenvalue weighted by Gasteiger charge is -2.50. The van der Waals surface area contributed by atoms with E-state index in [1.165, 1.54) is 25.7 Å². The van der Waals surface area contributed by atoms with E-state index in [0.717, 1.165) is 24.7 Å². The fraction of sp³-hybridized carbons (Fsp3) is 0.812. The number of nitrogens with zero attached hydrogens (tertiary/aromatic N) is 3. The van der Waals surface area contributed by atoms with Crippen molar-refractivity contribution >= 4 is 0 Å². The van der Waals surface area contributed by atoms with Crippen LogP contribution in [0.4, 0.5) is 0 Å². The quantitative estimate of drug-likeness (QED) is 0.620. The average molecular weight is 293 g/mol. The third-order valence-corrected chi connectivity index (χ3v) is 5.28. The Hall–Kier alpha value is -0.910. The number of aryl methyl sites for hydroxylation is 1. The number of imidazole rings is 1. The van der Waals surface area contributed by atoms with Crippen LogP contribution in [0.5, 0.6) is 0 Å². The molecule has 5 heteroatoms. The lowest BCUT2D eigenvalue weighted by atomic mass is 9.70. The fourth-order valence-electron chi connectivity index (χ4n) is 4.00. The van der Waals surface area contributed by atoms with Crippen molar-refractivity contribution in [3.63, 3.8) is 0 Å². The molecule has 0 amide bonds. The highest BCUT2D eigenvalue weighted by Gasteiger charge is 2.43. The number of aromatic nitrogens is 2. The monoisotopic (exact) mass is 293 g/mol. The van der Waals surface area contributed by atoms with Crippen LogP contribution in [0.2, 0.25) is 0 Å². The molecule has 3 N–H and O–H groups in total. The number of nitrogens with one attached hydrogen (secondary N) is 1. The van der Waals surface area contributed by atoms with Crippen LogP contribution in [0.25, 0.3) is 0 Å². The predicted octanol–water partition coefficient (Wildman–Crippen LogP) is 1.79. The van der Waals surface area contributed by atoms with Gasteiger partial charge in [0.25, 0.3) is 0 Å². The number of hydrazine groups is 1. The Balaban J connectivity index is 2.24.